The van der Waals surface area contributed by atoms with Gasteiger partial charge in [-0.1, -0.05) is 17.4 Å². The molecular weight excluding hydrogens is 811 g/mol. The Balaban J connectivity index is 1.21. The molecule has 11 nitrogen and oxygen atoms in total. The first kappa shape index (κ1) is 39.6. The SMILES string of the molecule is NC(=O)c1cc(-c2cc3sc(N4CCN(c5ccncc5)CC4)nc3nc2C(Cc2cc(F)cc(F)c2)NC(=O)Cn2nc(C(F)(F)F)c3c2C(F)(F)CC3)ccc1F. The third-order valence-corrected chi connectivity index (χ3v) is 11.2. The number of hydrogen-bond acceptors (Lipinski definition) is 9. The lowest BCUT2D eigenvalue weighted by atomic mass is 9.94. The van der Waals surface area contributed by atoms with E-state index in [1.807, 2.05) is 12.1 Å². The number of amides is 2. The number of hydrogen-bond donors (Lipinski definition) is 2. The Morgan fingerprint density at radius 3 is 2.29 bits per heavy atom. The van der Waals surface area contributed by atoms with Crippen LogP contribution in [-0.4, -0.2) is 62.7 Å². The smallest absolute Gasteiger partial charge is 0.368 e. The van der Waals surface area contributed by atoms with Gasteiger partial charge in [0.1, 0.15) is 29.7 Å². The van der Waals surface area contributed by atoms with Gasteiger partial charge in [-0.25, -0.2) is 18.2 Å². The molecule has 0 bridgehead atoms. The molecule has 1 fully saturated rings. The maximum atomic E-state index is 15.0. The number of anilines is 2. The van der Waals surface area contributed by atoms with E-state index in [0.717, 1.165) is 23.9 Å². The van der Waals surface area contributed by atoms with E-state index in [9.17, 15) is 44.7 Å². The molecule has 306 valence electrons. The summed E-state index contributed by atoms with van der Waals surface area (Å²) in [6, 6.07) is 10.2. The average Bonchev–Trinajstić information content (AvgIpc) is 3.87. The number of aromatic nitrogens is 5. The summed E-state index contributed by atoms with van der Waals surface area (Å²) >= 11 is 1.28. The Bertz CT molecular complexity index is 2570. The van der Waals surface area contributed by atoms with Gasteiger partial charge in [0.05, 0.1) is 22.0 Å². The van der Waals surface area contributed by atoms with Crippen molar-refractivity contribution in [1.29, 1.82) is 0 Å². The third kappa shape index (κ3) is 8.00. The summed E-state index contributed by atoms with van der Waals surface area (Å²) in [4.78, 5) is 43.9. The van der Waals surface area contributed by atoms with Gasteiger partial charge in [-0.3, -0.25) is 19.3 Å². The molecule has 2 aliphatic rings. The topological polar surface area (TPSA) is 135 Å². The third-order valence-electron chi connectivity index (χ3n) is 10.2. The minimum atomic E-state index is -5.08. The van der Waals surface area contributed by atoms with E-state index in [1.54, 1.807) is 18.5 Å². The summed E-state index contributed by atoms with van der Waals surface area (Å²) in [6.45, 7) is 1.39. The molecule has 5 heterocycles. The second kappa shape index (κ2) is 15.2. The van der Waals surface area contributed by atoms with Crippen LogP contribution < -0.4 is 20.9 Å². The summed E-state index contributed by atoms with van der Waals surface area (Å²) in [5.74, 6) is -8.73. The highest BCUT2D eigenvalue weighted by molar-refractivity contribution is 7.22. The molecule has 6 aromatic rings. The number of nitrogens with zero attached hydrogens (tertiary/aromatic N) is 7. The number of carbonyl (C=O) groups excluding carboxylic acids is 2. The van der Waals surface area contributed by atoms with Gasteiger partial charge in [0.25, 0.3) is 11.8 Å². The molecule has 1 aliphatic carbocycles. The van der Waals surface area contributed by atoms with Crippen molar-refractivity contribution in [3.63, 3.8) is 0 Å². The number of halogens is 8. The van der Waals surface area contributed by atoms with E-state index in [2.05, 4.69) is 25.2 Å². The number of alkyl halides is 5. The van der Waals surface area contributed by atoms with Crippen molar-refractivity contribution in [3.8, 4) is 11.1 Å². The van der Waals surface area contributed by atoms with E-state index in [4.69, 9.17) is 15.7 Å². The van der Waals surface area contributed by atoms with Gasteiger partial charge in [-0.05, 0) is 66.4 Å². The minimum Gasteiger partial charge on any atom is -0.368 e. The second-order valence-corrected chi connectivity index (χ2v) is 15.1. The number of fused-ring (bicyclic) bond motifs is 2. The number of carbonyl (C=O) groups is 2. The van der Waals surface area contributed by atoms with E-state index in [-0.39, 0.29) is 34.5 Å². The zero-order valence-corrected chi connectivity index (χ0v) is 31.4. The fraction of sp³-hybridized carbons (Fsp3) is 0.282. The Kier molecular flexibility index (Phi) is 10.2. The molecule has 1 atom stereocenters. The van der Waals surface area contributed by atoms with Crippen molar-refractivity contribution in [2.24, 2.45) is 5.73 Å². The average molecular weight is 842 g/mol. The molecule has 1 unspecified atom stereocenters. The number of nitrogens with two attached hydrogens (primary N) is 1. The molecule has 2 aromatic carbocycles. The molecule has 59 heavy (non-hydrogen) atoms. The molecular formula is C39H31F8N9O2S. The standard InChI is InChI=1S/C39H31F8N9O2S/c40-22-13-20(14-23(41)17-22)15-29(50-31(57)19-56-34-25(3-6-38(34,43)44)33(53-56)39(45,46)47)32-26(21-1-2-28(42)27(16-21)35(48)58)18-30-36(51-32)52-37(59-30)55-11-9-54(10-12-55)24-4-7-49-8-5-24/h1-2,4-5,7-8,13-14,16-18,29H,3,6,9-12,15,19H2,(H2,48,58)(H,50,57). The van der Waals surface area contributed by atoms with Gasteiger partial charge < -0.3 is 20.9 Å². The van der Waals surface area contributed by atoms with Crippen molar-refractivity contribution in [2.45, 2.75) is 43.9 Å². The van der Waals surface area contributed by atoms with Crippen LogP contribution in [0.25, 0.3) is 21.5 Å². The van der Waals surface area contributed by atoms with E-state index < -0.39 is 89.3 Å². The fourth-order valence-corrected chi connectivity index (χ4v) is 8.53. The van der Waals surface area contributed by atoms with Gasteiger partial charge >= 0.3 is 6.18 Å². The first-order chi connectivity index (χ1) is 28.0. The highest BCUT2D eigenvalue weighted by Crippen LogP contribution is 2.46. The second-order valence-electron chi connectivity index (χ2n) is 14.1. The maximum Gasteiger partial charge on any atom is 0.435 e. The number of piperazine rings is 1. The molecule has 1 saturated heterocycles. The van der Waals surface area contributed by atoms with Gasteiger partial charge in [0.15, 0.2) is 16.5 Å². The number of thiazole rings is 1. The van der Waals surface area contributed by atoms with Crippen LogP contribution in [0.3, 0.4) is 0 Å². The first-order valence-corrected chi connectivity index (χ1v) is 19.0. The molecule has 0 spiro atoms. The predicted molar refractivity (Wildman–Crippen MR) is 200 cm³/mol. The van der Waals surface area contributed by atoms with Crippen molar-refractivity contribution in [2.75, 3.05) is 36.0 Å². The van der Waals surface area contributed by atoms with Crippen LogP contribution in [0.4, 0.5) is 45.9 Å². The van der Waals surface area contributed by atoms with Gasteiger partial charge in [0, 0.05) is 67.9 Å². The van der Waals surface area contributed by atoms with Crippen molar-refractivity contribution in [1.82, 2.24) is 30.0 Å². The van der Waals surface area contributed by atoms with Crippen LogP contribution in [0, 0.1) is 17.5 Å². The molecule has 4 aromatic heterocycles. The summed E-state index contributed by atoms with van der Waals surface area (Å²) in [7, 11) is 0. The summed E-state index contributed by atoms with van der Waals surface area (Å²) in [5.41, 5.74) is 3.28. The summed E-state index contributed by atoms with van der Waals surface area (Å²) in [6.07, 6.45) is -3.58. The highest BCUT2D eigenvalue weighted by Gasteiger charge is 2.50. The Morgan fingerprint density at radius 2 is 1.61 bits per heavy atom. The predicted octanol–water partition coefficient (Wildman–Crippen LogP) is 6.95. The maximum absolute atomic E-state index is 15.0. The van der Waals surface area contributed by atoms with Crippen molar-refractivity contribution in [3.05, 3.63) is 118 Å². The van der Waals surface area contributed by atoms with E-state index in [0.29, 0.717) is 46.8 Å². The molecule has 20 heteroatoms. The molecule has 8 rings (SSSR count). The highest BCUT2D eigenvalue weighted by atomic mass is 32.1. The van der Waals surface area contributed by atoms with Gasteiger partial charge in [-0.15, -0.1) is 0 Å². The van der Waals surface area contributed by atoms with Gasteiger partial charge in [0.2, 0.25) is 5.91 Å². The van der Waals surface area contributed by atoms with E-state index in [1.165, 1.54) is 23.5 Å². The van der Waals surface area contributed by atoms with Crippen LogP contribution in [0.5, 0.6) is 0 Å². The zero-order valence-electron chi connectivity index (χ0n) is 30.5. The Hall–Kier alpha value is -6.18. The largest absolute Gasteiger partial charge is 0.435 e. The quantitative estimate of drug-likeness (QED) is 0.142. The first-order valence-electron chi connectivity index (χ1n) is 18.1. The van der Waals surface area contributed by atoms with Crippen molar-refractivity contribution >= 4 is 44.3 Å². The molecule has 0 radical (unpaired) electrons. The Morgan fingerprint density at radius 1 is 0.915 bits per heavy atom. The summed E-state index contributed by atoms with van der Waals surface area (Å²) in [5, 5.41) is 6.57. The van der Waals surface area contributed by atoms with Crippen LogP contribution in [-0.2, 0) is 36.3 Å². The number of benzene rings is 2. The number of nitrogens with one attached hydrogen (secondary N) is 1. The number of primary amides is 1. The number of pyridine rings is 2. The normalized spacial score (nSPS) is 15.7. The van der Waals surface area contributed by atoms with E-state index >= 15 is 0 Å². The zero-order chi connectivity index (χ0) is 41.8. The fourth-order valence-electron chi connectivity index (χ4n) is 7.54. The van der Waals surface area contributed by atoms with Gasteiger partial charge in [-0.2, -0.15) is 32.0 Å². The lowest BCUT2D eigenvalue weighted by Crippen LogP contribution is -2.46. The monoisotopic (exact) mass is 841 g/mol. The van der Waals surface area contributed by atoms with Crippen LogP contribution in [0.1, 0.15) is 51.0 Å². The van der Waals surface area contributed by atoms with Crippen molar-refractivity contribution < 1.29 is 44.7 Å². The minimum absolute atomic E-state index is 0.00878. The lowest BCUT2D eigenvalue weighted by Gasteiger charge is -2.35. The summed E-state index contributed by atoms with van der Waals surface area (Å²) < 4.78 is 116. The molecule has 1 aliphatic heterocycles. The van der Waals surface area contributed by atoms with Crippen LogP contribution in [0.2, 0.25) is 0 Å². The lowest BCUT2D eigenvalue weighted by molar-refractivity contribution is -0.142. The number of rotatable bonds is 10. The molecule has 3 N–H and O–H groups in total. The van der Waals surface area contributed by atoms with Crippen LogP contribution >= 0.6 is 11.3 Å². The molecule has 0 saturated carbocycles. The Labute approximate surface area is 333 Å². The molecule has 2 amide bonds. The van der Waals surface area contributed by atoms with Crippen LogP contribution in [0.15, 0.2) is 67.0 Å².